The molecule has 0 aromatic rings. The van der Waals surface area contributed by atoms with E-state index in [-0.39, 0.29) is 6.10 Å². The molecule has 0 aromatic carbocycles. The summed E-state index contributed by atoms with van der Waals surface area (Å²) in [6, 6.07) is 0. The highest BCUT2D eigenvalue weighted by molar-refractivity contribution is 4.72. The van der Waals surface area contributed by atoms with Gasteiger partial charge in [-0.15, -0.1) is 0 Å². The van der Waals surface area contributed by atoms with E-state index in [2.05, 4.69) is 9.80 Å². The van der Waals surface area contributed by atoms with Crippen molar-refractivity contribution >= 4 is 0 Å². The largest absolute Gasteiger partial charge is 0.392 e. The van der Waals surface area contributed by atoms with Crippen LogP contribution in [0, 0.1) is 0 Å². The van der Waals surface area contributed by atoms with Crippen molar-refractivity contribution in [3.8, 4) is 0 Å². The van der Waals surface area contributed by atoms with Gasteiger partial charge in [0.2, 0.25) is 0 Å². The molecular weight excluding hydrogens is 166 g/mol. The van der Waals surface area contributed by atoms with Gasteiger partial charge < -0.3 is 10.8 Å². The second kappa shape index (κ2) is 5.54. The van der Waals surface area contributed by atoms with Crippen molar-refractivity contribution in [1.29, 1.82) is 0 Å². The molecule has 0 saturated carbocycles. The predicted octanol–water partition coefficient (Wildman–Crippen LogP) is -1.06. The van der Waals surface area contributed by atoms with Gasteiger partial charge in [-0.1, -0.05) is 0 Å². The van der Waals surface area contributed by atoms with Crippen LogP contribution < -0.4 is 5.73 Å². The molecular formula is C9H21N3O. The minimum Gasteiger partial charge on any atom is -0.392 e. The average molecular weight is 187 g/mol. The Labute approximate surface area is 80.3 Å². The van der Waals surface area contributed by atoms with Crippen LogP contribution in [0.2, 0.25) is 0 Å². The van der Waals surface area contributed by atoms with Gasteiger partial charge in [0.15, 0.2) is 0 Å². The number of nitrogens with zero attached hydrogens (tertiary/aromatic N) is 2. The van der Waals surface area contributed by atoms with Crippen molar-refractivity contribution in [3.63, 3.8) is 0 Å². The second-order valence-corrected chi connectivity index (χ2v) is 3.78. The summed E-state index contributed by atoms with van der Waals surface area (Å²) < 4.78 is 0. The third kappa shape index (κ3) is 4.04. The number of nitrogens with two attached hydrogens (primary N) is 1. The fourth-order valence-electron chi connectivity index (χ4n) is 1.75. The van der Waals surface area contributed by atoms with E-state index in [1.54, 1.807) is 0 Å². The normalized spacial score (nSPS) is 23.3. The number of aliphatic hydroxyl groups is 1. The highest BCUT2D eigenvalue weighted by Crippen LogP contribution is 2.01. The first-order valence-corrected chi connectivity index (χ1v) is 5.05. The highest BCUT2D eigenvalue weighted by atomic mass is 16.3. The van der Waals surface area contributed by atoms with E-state index in [0.717, 1.165) is 45.8 Å². The summed E-state index contributed by atoms with van der Waals surface area (Å²) in [5, 5.41) is 9.20. The minimum absolute atomic E-state index is 0.207. The molecule has 0 bridgehead atoms. The minimum atomic E-state index is -0.207. The van der Waals surface area contributed by atoms with Crippen molar-refractivity contribution in [2.45, 2.75) is 13.0 Å². The number of hydrogen-bond donors (Lipinski definition) is 2. The molecule has 1 aliphatic rings. The molecule has 13 heavy (non-hydrogen) atoms. The number of rotatable bonds is 4. The Hall–Kier alpha value is -0.160. The zero-order chi connectivity index (χ0) is 9.68. The lowest BCUT2D eigenvalue weighted by atomic mass is 10.3. The summed E-state index contributed by atoms with van der Waals surface area (Å²) in [4.78, 5) is 4.68. The Bertz CT molecular complexity index is 133. The highest BCUT2D eigenvalue weighted by Gasteiger charge is 2.16. The molecule has 1 fully saturated rings. The lowest BCUT2D eigenvalue weighted by Gasteiger charge is -2.34. The van der Waals surface area contributed by atoms with Crippen molar-refractivity contribution in [2.24, 2.45) is 5.73 Å². The Balaban J connectivity index is 2.15. The summed E-state index contributed by atoms with van der Waals surface area (Å²) in [5.41, 5.74) is 5.48. The fourth-order valence-corrected chi connectivity index (χ4v) is 1.75. The van der Waals surface area contributed by atoms with Crippen molar-refractivity contribution in [1.82, 2.24) is 9.80 Å². The lowest BCUT2D eigenvalue weighted by molar-refractivity contribution is 0.0820. The summed E-state index contributed by atoms with van der Waals surface area (Å²) in [5.74, 6) is 0. The Morgan fingerprint density at radius 2 is 1.77 bits per heavy atom. The van der Waals surface area contributed by atoms with Gasteiger partial charge in [0.05, 0.1) is 6.10 Å². The first-order chi connectivity index (χ1) is 6.22. The maximum atomic E-state index is 9.20. The third-order valence-electron chi connectivity index (χ3n) is 2.43. The number of aliphatic hydroxyl groups excluding tert-OH is 1. The number of β-amino-alcohol motifs (C(OH)–C–C–N with tert-alkyl or cyclic N) is 1. The molecule has 0 aliphatic carbocycles. The third-order valence-corrected chi connectivity index (χ3v) is 2.43. The molecule has 1 saturated heterocycles. The van der Waals surface area contributed by atoms with Gasteiger partial charge >= 0.3 is 0 Å². The molecule has 0 amide bonds. The molecule has 0 spiro atoms. The SMILES string of the molecule is C[C@@H](O)CN1CCN(CCN)CC1. The molecule has 4 heteroatoms. The van der Waals surface area contributed by atoms with E-state index in [1.807, 2.05) is 6.92 Å². The van der Waals surface area contributed by atoms with Crippen LogP contribution in [0.5, 0.6) is 0 Å². The van der Waals surface area contributed by atoms with Crippen LogP contribution in [0.15, 0.2) is 0 Å². The van der Waals surface area contributed by atoms with Crippen LogP contribution in [0.25, 0.3) is 0 Å². The lowest BCUT2D eigenvalue weighted by Crippen LogP contribution is -2.49. The van der Waals surface area contributed by atoms with Crippen LogP contribution >= 0.6 is 0 Å². The van der Waals surface area contributed by atoms with Gasteiger partial charge in [-0.25, -0.2) is 0 Å². The Morgan fingerprint density at radius 3 is 2.23 bits per heavy atom. The molecule has 1 rings (SSSR count). The molecule has 1 heterocycles. The van der Waals surface area contributed by atoms with Crippen LogP contribution in [0.1, 0.15) is 6.92 Å². The van der Waals surface area contributed by atoms with Crippen molar-refractivity contribution < 1.29 is 5.11 Å². The summed E-state index contributed by atoms with van der Waals surface area (Å²) >= 11 is 0. The monoisotopic (exact) mass is 187 g/mol. The second-order valence-electron chi connectivity index (χ2n) is 3.78. The molecule has 0 aromatic heterocycles. The van der Waals surface area contributed by atoms with Gasteiger partial charge in [-0.2, -0.15) is 0 Å². The maximum absolute atomic E-state index is 9.20. The van der Waals surface area contributed by atoms with E-state index in [9.17, 15) is 5.11 Å². The summed E-state index contributed by atoms with van der Waals surface area (Å²) in [7, 11) is 0. The van der Waals surface area contributed by atoms with Crippen LogP contribution in [-0.4, -0.2) is 66.8 Å². The topological polar surface area (TPSA) is 52.7 Å². The Kier molecular flexibility index (Phi) is 4.66. The van der Waals surface area contributed by atoms with Crippen molar-refractivity contribution in [2.75, 3.05) is 45.8 Å². The van der Waals surface area contributed by atoms with E-state index >= 15 is 0 Å². The molecule has 3 N–H and O–H groups in total. The molecule has 1 aliphatic heterocycles. The first kappa shape index (κ1) is 10.9. The summed E-state index contributed by atoms with van der Waals surface area (Å²) in [6.45, 7) is 8.69. The van der Waals surface area contributed by atoms with Gasteiger partial charge in [0.1, 0.15) is 0 Å². The van der Waals surface area contributed by atoms with Crippen molar-refractivity contribution in [3.05, 3.63) is 0 Å². The van der Waals surface area contributed by atoms with E-state index < -0.39 is 0 Å². The smallest absolute Gasteiger partial charge is 0.0639 e. The zero-order valence-corrected chi connectivity index (χ0v) is 8.45. The van der Waals surface area contributed by atoms with Crippen LogP contribution in [-0.2, 0) is 0 Å². The van der Waals surface area contributed by atoms with E-state index in [0.29, 0.717) is 0 Å². The maximum Gasteiger partial charge on any atom is 0.0639 e. The quantitative estimate of drug-likeness (QED) is 0.589. The van der Waals surface area contributed by atoms with Gasteiger partial charge in [-0.3, -0.25) is 9.80 Å². The van der Waals surface area contributed by atoms with Gasteiger partial charge in [-0.05, 0) is 6.92 Å². The number of piperazine rings is 1. The van der Waals surface area contributed by atoms with Gasteiger partial charge in [0, 0.05) is 45.8 Å². The summed E-state index contributed by atoms with van der Waals surface area (Å²) in [6.07, 6.45) is -0.207. The molecule has 0 unspecified atom stereocenters. The first-order valence-electron chi connectivity index (χ1n) is 5.05. The molecule has 1 atom stereocenters. The van der Waals surface area contributed by atoms with E-state index in [4.69, 9.17) is 5.73 Å². The van der Waals surface area contributed by atoms with Crippen LogP contribution in [0.3, 0.4) is 0 Å². The Morgan fingerprint density at radius 1 is 1.23 bits per heavy atom. The van der Waals surface area contributed by atoms with Crippen LogP contribution in [0.4, 0.5) is 0 Å². The van der Waals surface area contributed by atoms with E-state index in [1.165, 1.54) is 0 Å². The average Bonchev–Trinajstić information content (AvgIpc) is 2.08. The standard InChI is InChI=1S/C9H21N3O/c1-9(13)8-12-6-4-11(3-2-10)5-7-12/h9,13H,2-8,10H2,1H3/t9-/m1/s1. The zero-order valence-electron chi connectivity index (χ0n) is 8.45. The number of hydrogen-bond acceptors (Lipinski definition) is 4. The molecule has 78 valence electrons. The fraction of sp³-hybridized carbons (Fsp3) is 1.00. The predicted molar refractivity (Wildman–Crippen MR) is 53.6 cm³/mol. The molecule has 0 radical (unpaired) electrons. The molecule has 4 nitrogen and oxygen atoms in total. The van der Waals surface area contributed by atoms with Gasteiger partial charge in [0.25, 0.3) is 0 Å².